The van der Waals surface area contributed by atoms with Gasteiger partial charge in [-0.1, -0.05) is 6.92 Å². The molecule has 2 bridgehead atoms. The van der Waals surface area contributed by atoms with E-state index in [2.05, 4.69) is 0 Å². The molecular weight excluding hydrogens is 165 g/mol. The van der Waals surface area contributed by atoms with Crippen LogP contribution >= 0.6 is 0 Å². The van der Waals surface area contributed by atoms with Crippen molar-refractivity contribution in [3.63, 3.8) is 0 Å². The Hall–Kier alpha value is -0.210. The highest BCUT2D eigenvalue weighted by molar-refractivity contribution is 5.04. The van der Waals surface area contributed by atoms with Gasteiger partial charge in [0.2, 0.25) is 0 Å². The van der Waals surface area contributed by atoms with Gasteiger partial charge in [0.15, 0.2) is 6.17 Å². The van der Waals surface area contributed by atoms with E-state index in [1.54, 1.807) is 0 Å². The second-order valence-electron chi connectivity index (χ2n) is 4.50. The van der Waals surface area contributed by atoms with Gasteiger partial charge in [-0.15, -0.1) is 0 Å². The topological polar surface area (TPSA) is 0 Å². The zero-order chi connectivity index (χ0) is 8.98. The summed E-state index contributed by atoms with van der Waals surface area (Å²) in [6.45, 7) is 1.53. The van der Waals surface area contributed by atoms with Gasteiger partial charge in [0.05, 0.1) is 0 Å². The van der Waals surface area contributed by atoms with Gasteiger partial charge in [-0.25, -0.2) is 13.2 Å². The van der Waals surface area contributed by atoms with Gasteiger partial charge in [-0.2, -0.15) is 0 Å². The molecule has 2 aliphatic rings. The van der Waals surface area contributed by atoms with Gasteiger partial charge in [-0.05, 0) is 31.6 Å². The fraction of sp³-hybridized carbons (Fsp3) is 1.00. The molecule has 0 aromatic heterocycles. The predicted molar refractivity (Wildman–Crippen MR) is 39.9 cm³/mol. The van der Waals surface area contributed by atoms with E-state index in [1.807, 2.05) is 0 Å². The Morgan fingerprint density at radius 3 is 2.67 bits per heavy atom. The van der Waals surface area contributed by atoms with E-state index in [-0.39, 0.29) is 12.3 Å². The number of alkyl halides is 3. The first kappa shape index (κ1) is 8.39. The first-order valence-corrected chi connectivity index (χ1v) is 4.47. The molecule has 2 aliphatic carbocycles. The van der Waals surface area contributed by atoms with Crippen molar-refractivity contribution in [1.82, 2.24) is 0 Å². The van der Waals surface area contributed by atoms with Crippen LogP contribution in [0.3, 0.4) is 0 Å². The smallest absolute Gasteiger partial charge is 0.241 e. The van der Waals surface area contributed by atoms with Crippen LogP contribution in [0.4, 0.5) is 13.2 Å². The van der Waals surface area contributed by atoms with Crippen LogP contribution in [-0.2, 0) is 0 Å². The minimum Gasteiger partial charge on any atom is -0.241 e. The minimum absolute atomic E-state index is 0.0720. The maximum atomic E-state index is 13.3. The Balaban J connectivity index is 2.32. The predicted octanol–water partition coefficient (Wildman–Crippen LogP) is 3.17. The van der Waals surface area contributed by atoms with Crippen LogP contribution in [0.25, 0.3) is 0 Å². The lowest BCUT2D eigenvalue weighted by Crippen LogP contribution is -2.48. The number of hydrogen-bond donors (Lipinski definition) is 0. The molecule has 3 unspecified atom stereocenters. The summed E-state index contributed by atoms with van der Waals surface area (Å²) in [5.41, 5.74) is -1.05. The van der Waals surface area contributed by atoms with Gasteiger partial charge in [0.25, 0.3) is 5.92 Å². The van der Waals surface area contributed by atoms with Crippen molar-refractivity contribution >= 4 is 0 Å². The van der Waals surface area contributed by atoms with Crippen molar-refractivity contribution < 1.29 is 13.2 Å². The number of halogens is 3. The van der Waals surface area contributed by atoms with Crippen LogP contribution < -0.4 is 0 Å². The lowest BCUT2D eigenvalue weighted by Gasteiger charge is -2.39. The van der Waals surface area contributed by atoms with Crippen molar-refractivity contribution in [2.45, 2.75) is 44.7 Å². The first-order chi connectivity index (χ1) is 5.46. The van der Waals surface area contributed by atoms with Gasteiger partial charge in [0, 0.05) is 5.41 Å². The molecule has 3 heteroatoms. The fourth-order valence-electron chi connectivity index (χ4n) is 2.69. The van der Waals surface area contributed by atoms with Gasteiger partial charge < -0.3 is 0 Å². The lowest BCUT2D eigenvalue weighted by molar-refractivity contribution is -0.180. The normalized spacial score (nSPS) is 51.0. The summed E-state index contributed by atoms with van der Waals surface area (Å²) in [7, 11) is 0. The van der Waals surface area contributed by atoms with Gasteiger partial charge >= 0.3 is 0 Å². The van der Waals surface area contributed by atoms with Crippen LogP contribution in [0.15, 0.2) is 0 Å². The third-order valence-corrected chi connectivity index (χ3v) is 3.58. The average Bonchev–Trinajstić information content (AvgIpc) is 2.29. The molecule has 0 nitrogen and oxygen atoms in total. The molecule has 0 saturated heterocycles. The Morgan fingerprint density at radius 1 is 1.33 bits per heavy atom. The Labute approximate surface area is 70.1 Å². The van der Waals surface area contributed by atoms with Crippen LogP contribution in [-0.4, -0.2) is 12.1 Å². The molecule has 2 saturated carbocycles. The maximum Gasteiger partial charge on any atom is 0.283 e. The molecule has 0 aromatic rings. The molecule has 0 radical (unpaired) electrons. The van der Waals surface area contributed by atoms with E-state index in [1.165, 1.54) is 6.92 Å². The first-order valence-electron chi connectivity index (χ1n) is 4.47. The molecule has 0 spiro atoms. The number of rotatable bonds is 0. The zero-order valence-electron chi connectivity index (χ0n) is 7.12. The molecule has 0 amide bonds. The fourth-order valence-corrected chi connectivity index (χ4v) is 2.69. The highest BCUT2D eigenvalue weighted by Crippen LogP contribution is 2.59. The van der Waals surface area contributed by atoms with Crippen molar-refractivity contribution in [2.24, 2.45) is 11.3 Å². The van der Waals surface area contributed by atoms with Crippen molar-refractivity contribution in [1.29, 1.82) is 0 Å². The summed E-state index contributed by atoms with van der Waals surface area (Å²) < 4.78 is 39.6. The summed E-state index contributed by atoms with van der Waals surface area (Å²) >= 11 is 0. The average molecular weight is 178 g/mol. The van der Waals surface area contributed by atoms with E-state index < -0.39 is 17.5 Å². The molecule has 0 aromatic carbocycles. The molecule has 70 valence electrons. The van der Waals surface area contributed by atoms with E-state index in [4.69, 9.17) is 0 Å². The van der Waals surface area contributed by atoms with Gasteiger partial charge in [0.1, 0.15) is 0 Å². The Morgan fingerprint density at radius 2 is 2.00 bits per heavy atom. The summed E-state index contributed by atoms with van der Waals surface area (Å²) in [5, 5.41) is 0. The third kappa shape index (κ3) is 0.852. The standard InChI is InChI=1S/C9H13F3/c1-8-3-2-6(5-8)4-7(10)9(8,11)12/h6-7H,2-5H2,1H3. The van der Waals surface area contributed by atoms with Crippen LogP contribution in [0.5, 0.6) is 0 Å². The van der Waals surface area contributed by atoms with Crippen LogP contribution in [0, 0.1) is 11.3 Å². The van der Waals surface area contributed by atoms with E-state index in [0.29, 0.717) is 12.8 Å². The number of hydrogen-bond acceptors (Lipinski definition) is 0. The summed E-state index contributed by atoms with van der Waals surface area (Å²) in [4.78, 5) is 0. The molecule has 0 heterocycles. The molecule has 12 heavy (non-hydrogen) atoms. The molecule has 2 rings (SSSR count). The molecule has 2 fully saturated rings. The molecule has 0 aliphatic heterocycles. The summed E-state index contributed by atoms with van der Waals surface area (Å²) in [5.74, 6) is -2.87. The van der Waals surface area contributed by atoms with Crippen molar-refractivity contribution in [3.8, 4) is 0 Å². The summed E-state index contributed by atoms with van der Waals surface area (Å²) in [6.07, 6.45) is -0.0376. The maximum absolute atomic E-state index is 13.3. The zero-order valence-corrected chi connectivity index (χ0v) is 7.12. The molecule has 3 atom stereocenters. The second kappa shape index (κ2) is 2.18. The van der Waals surface area contributed by atoms with E-state index >= 15 is 0 Å². The Kier molecular flexibility index (Phi) is 1.52. The van der Waals surface area contributed by atoms with Crippen LogP contribution in [0.2, 0.25) is 0 Å². The molecular formula is C9H13F3. The second-order valence-corrected chi connectivity index (χ2v) is 4.50. The quantitative estimate of drug-likeness (QED) is 0.534. The van der Waals surface area contributed by atoms with Crippen LogP contribution in [0.1, 0.15) is 32.6 Å². The van der Waals surface area contributed by atoms with E-state index in [0.717, 1.165) is 6.42 Å². The van der Waals surface area contributed by atoms with Crippen molar-refractivity contribution in [2.75, 3.05) is 0 Å². The highest BCUT2D eigenvalue weighted by atomic mass is 19.3. The Bertz CT molecular complexity index is 199. The monoisotopic (exact) mass is 178 g/mol. The van der Waals surface area contributed by atoms with Crippen molar-refractivity contribution in [3.05, 3.63) is 0 Å². The van der Waals surface area contributed by atoms with Gasteiger partial charge in [-0.3, -0.25) is 0 Å². The lowest BCUT2D eigenvalue weighted by atomic mass is 9.73. The number of fused-ring (bicyclic) bond motifs is 2. The largest absolute Gasteiger partial charge is 0.283 e. The highest BCUT2D eigenvalue weighted by Gasteiger charge is 2.62. The SMILES string of the molecule is CC12CCC(CC(F)C1(F)F)C2. The van der Waals surface area contributed by atoms with E-state index in [9.17, 15) is 13.2 Å². The summed E-state index contributed by atoms with van der Waals surface area (Å²) in [6, 6.07) is 0. The molecule has 0 N–H and O–H groups in total. The minimum atomic E-state index is -3.08. The third-order valence-electron chi connectivity index (χ3n) is 3.58.